The van der Waals surface area contributed by atoms with E-state index in [9.17, 15) is 13.0 Å². The van der Waals surface area contributed by atoms with Gasteiger partial charge in [-0.15, -0.1) is 0 Å². The Morgan fingerprint density at radius 1 is 0.720 bits per heavy atom. The zero-order valence-corrected chi connectivity index (χ0v) is 20.6. The van der Waals surface area contributed by atoms with Crippen molar-refractivity contribution in [1.29, 1.82) is 0 Å². The Morgan fingerprint density at radius 3 is 1.44 bits per heavy atom. The van der Waals surface area contributed by atoms with Crippen molar-refractivity contribution in [2.24, 2.45) is 0 Å². The molecule has 0 aromatic heterocycles. The second kappa shape index (κ2) is 20.2. The Labute approximate surface area is 199 Å². The van der Waals surface area contributed by atoms with Crippen LogP contribution in [-0.4, -0.2) is 29.9 Å². The van der Waals surface area contributed by atoms with Crippen LogP contribution in [0, 0.1) is 0 Å². The van der Waals surface area contributed by atoms with E-state index in [1.54, 1.807) is 0 Å². The first-order valence-electron chi connectivity index (χ1n) is 10.1. The van der Waals surface area contributed by atoms with Crippen LogP contribution >= 0.6 is 0 Å². The van der Waals surface area contributed by atoms with Crippen molar-refractivity contribution < 1.29 is 69.5 Å². The third-order valence-electron chi connectivity index (χ3n) is 4.72. The third kappa shape index (κ3) is 20.1. The van der Waals surface area contributed by atoms with Crippen LogP contribution in [0.15, 0.2) is 0 Å². The summed E-state index contributed by atoms with van der Waals surface area (Å²) in [5, 5.41) is 7.96. The van der Waals surface area contributed by atoms with Gasteiger partial charge in [0.1, 0.15) is 0 Å². The van der Waals surface area contributed by atoms with Crippen LogP contribution < -0.4 is 51.4 Å². The Morgan fingerprint density at radius 2 is 1.08 bits per heavy atom. The molecule has 4 nitrogen and oxygen atoms in total. The summed E-state index contributed by atoms with van der Waals surface area (Å²) in [5.41, 5.74) is 0. The smallest absolute Gasteiger partial charge is 0.748 e. The van der Waals surface area contributed by atoms with Crippen LogP contribution in [0.5, 0.6) is 0 Å². The maximum absolute atomic E-state index is 11.1. The Balaban J connectivity index is 0. The van der Waals surface area contributed by atoms with Gasteiger partial charge in [0.05, 0.1) is 10.1 Å². The molecule has 0 amide bonds. The molecule has 0 fully saturated rings. The van der Waals surface area contributed by atoms with E-state index in [4.69, 9.17) is 5.11 Å². The monoisotopic (exact) mass is 402 g/mol. The number of aliphatic hydroxyl groups is 1. The SMILES string of the molecule is CCCCCCCCCCCCCCCC(CCCO)S(=O)(=O)[O-].[K+]. The third-order valence-corrected chi connectivity index (χ3v) is 6.01. The largest absolute Gasteiger partial charge is 1.00 e. The molecule has 1 unspecified atom stereocenters. The van der Waals surface area contributed by atoms with E-state index in [2.05, 4.69) is 6.92 Å². The molecule has 0 bridgehead atoms. The van der Waals surface area contributed by atoms with Crippen molar-refractivity contribution in [2.75, 3.05) is 6.61 Å². The molecule has 146 valence electrons. The average molecular weight is 403 g/mol. The molecule has 6 heteroatoms. The van der Waals surface area contributed by atoms with Gasteiger partial charge >= 0.3 is 51.4 Å². The van der Waals surface area contributed by atoms with Gasteiger partial charge in [0, 0.05) is 11.9 Å². The Kier molecular flexibility index (Phi) is 23.3. The molecule has 1 N–H and O–H groups in total. The molecule has 0 saturated carbocycles. The number of rotatable bonds is 18. The number of unbranched alkanes of at least 4 members (excludes halogenated alkanes) is 12. The molecule has 0 spiro atoms. The molecule has 1 atom stereocenters. The Bertz CT molecular complexity index is 360. The van der Waals surface area contributed by atoms with Gasteiger partial charge in [0.2, 0.25) is 0 Å². The van der Waals surface area contributed by atoms with E-state index in [1.165, 1.54) is 64.2 Å². The summed E-state index contributed by atoms with van der Waals surface area (Å²) in [4.78, 5) is 0. The fourth-order valence-electron chi connectivity index (χ4n) is 3.14. The normalized spacial score (nSPS) is 12.8. The van der Waals surface area contributed by atoms with Crippen molar-refractivity contribution in [2.45, 2.75) is 115 Å². The summed E-state index contributed by atoms with van der Waals surface area (Å²) in [5.74, 6) is 0. The second-order valence-electron chi connectivity index (χ2n) is 7.01. The minimum Gasteiger partial charge on any atom is -0.748 e. The molecule has 0 aliphatic heterocycles. The quantitative estimate of drug-likeness (QED) is 0.216. The second-order valence-corrected chi connectivity index (χ2v) is 8.66. The van der Waals surface area contributed by atoms with Crippen molar-refractivity contribution in [3.8, 4) is 0 Å². The van der Waals surface area contributed by atoms with Gasteiger partial charge in [-0.05, 0) is 19.3 Å². The first-order valence-corrected chi connectivity index (χ1v) is 11.5. The Hall–Kier alpha value is 1.51. The zero-order valence-electron chi connectivity index (χ0n) is 16.7. The summed E-state index contributed by atoms with van der Waals surface area (Å²) >= 11 is 0. The summed E-state index contributed by atoms with van der Waals surface area (Å²) in [6, 6.07) is 0. The predicted octanol–water partition coefficient (Wildman–Crippen LogP) is 2.16. The van der Waals surface area contributed by atoms with Crippen molar-refractivity contribution in [3.63, 3.8) is 0 Å². The van der Waals surface area contributed by atoms with Crippen LogP contribution in [0.25, 0.3) is 0 Å². The topological polar surface area (TPSA) is 77.4 Å². The van der Waals surface area contributed by atoms with E-state index >= 15 is 0 Å². The first-order chi connectivity index (χ1) is 11.5. The molecule has 0 rings (SSSR count). The molecule has 0 aliphatic carbocycles. The molecule has 0 heterocycles. The maximum Gasteiger partial charge on any atom is 1.00 e. The van der Waals surface area contributed by atoms with Gasteiger partial charge in [0.25, 0.3) is 0 Å². The average Bonchev–Trinajstić information content (AvgIpc) is 2.53. The minimum atomic E-state index is -4.21. The van der Waals surface area contributed by atoms with E-state index in [0.29, 0.717) is 19.3 Å². The van der Waals surface area contributed by atoms with Crippen LogP contribution in [0.3, 0.4) is 0 Å². The number of hydrogen-bond acceptors (Lipinski definition) is 4. The van der Waals surface area contributed by atoms with Crippen molar-refractivity contribution in [1.82, 2.24) is 0 Å². The van der Waals surface area contributed by atoms with Gasteiger partial charge in [0.15, 0.2) is 0 Å². The van der Waals surface area contributed by atoms with E-state index in [1.807, 2.05) is 0 Å². The molecule has 25 heavy (non-hydrogen) atoms. The van der Waals surface area contributed by atoms with Crippen molar-refractivity contribution >= 4 is 10.1 Å². The fourth-order valence-corrected chi connectivity index (χ4v) is 4.05. The fraction of sp³-hybridized carbons (Fsp3) is 1.00. The standard InChI is InChI=1S/C19H40O4S.K/c1-2-3-4-5-6-7-8-9-10-11-12-13-14-16-19(17-15-18-20)24(21,22)23;/h19-20H,2-18H2,1H3,(H,21,22,23);/q;+1/p-1. The number of hydrogen-bond donors (Lipinski definition) is 1. The summed E-state index contributed by atoms with van der Waals surface area (Å²) < 4.78 is 33.4. The summed E-state index contributed by atoms with van der Waals surface area (Å²) in [7, 11) is -4.21. The number of aliphatic hydroxyl groups excluding tert-OH is 1. The van der Waals surface area contributed by atoms with Crippen LogP contribution in [-0.2, 0) is 10.1 Å². The molecule has 0 aromatic rings. The molecule has 0 aliphatic rings. The minimum absolute atomic E-state index is 0. The van der Waals surface area contributed by atoms with Crippen molar-refractivity contribution in [3.05, 3.63) is 0 Å². The van der Waals surface area contributed by atoms with Gasteiger partial charge in [-0.3, -0.25) is 0 Å². The van der Waals surface area contributed by atoms with Crippen LogP contribution in [0.1, 0.15) is 110 Å². The molecule has 0 radical (unpaired) electrons. The van der Waals surface area contributed by atoms with E-state index in [0.717, 1.165) is 19.3 Å². The molecule has 0 saturated heterocycles. The van der Waals surface area contributed by atoms with Crippen LogP contribution in [0.4, 0.5) is 0 Å². The summed E-state index contributed by atoms with van der Waals surface area (Å²) in [6.45, 7) is 2.19. The van der Waals surface area contributed by atoms with Gasteiger partial charge in [-0.25, -0.2) is 8.42 Å². The predicted molar refractivity (Wildman–Crippen MR) is 100 cm³/mol. The van der Waals surface area contributed by atoms with Gasteiger partial charge < -0.3 is 9.66 Å². The zero-order chi connectivity index (χ0) is 18.1. The molecular formula is C19H39KO4S. The van der Waals surface area contributed by atoms with Gasteiger partial charge in [-0.1, -0.05) is 90.4 Å². The van der Waals surface area contributed by atoms with E-state index in [-0.39, 0.29) is 58.0 Å². The first kappa shape index (κ1) is 28.7. The van der Waals surface area contributed by atoms with Gasteiger partial charge in [-0.2, -0.15) is 0 Å². The van der Waals surface area contributed by atoms with E-state index < -0.39 is 15.4 Å². The maximum atomic E-state index is 11.1. The summed E-state index contributed by atoms with van der Waals surface area (Å²) in [6.07, 6.45) is 17.4. The van der Waals surface area contributed by atoms with Crippen LogP contribution in [0.2, 0.25) is 0 Å². The molecular weight excluding hydrogens is 363 g/mol. The molecule has 0 aromatic carbocycles.